The van der Waals surface area contributed by atoms with Crippen molar-refractivity contribution in [1.29, 1.82) is 5.41 Å². The molecule has 24 heavy (non-hydrogen) atoms. The highest BCUT2D eigenvalue weighted by atomic mass is 35.5. The molecule has 0 amide bonds. The van der Waals surface area contributed by atoms with Crippen molar-refractivity contribution in [2.45, 2.75) is 13.8 Å². The van der Waals surface area contributed by atoms with Crippen molar-refractivity contribution in [1.82, 2.24) is 25.2 Å². The van der Waals surface area contributed by atoms with E-state index in [9.17, 15) is 0 Å². The van der Waals surface area contributed by atoms with Crippen molar-refractivity contribution in [2.24, 2.45) is 0 Å². The van der Waals surface area contributed by atoms with Gasteiger partial charge in [0.1, 0.15) is 11.5 Å². The fraction of sp³-hybridized carbons (Fsp3) is 0.400. The Bertz CT molecular complexity index is 720. The summed E-state index contributed by atoms with van der Waals surface area (Å²) in [6.07, 6.45) is 4.53. The first kappa shape index (κ1) is 18.0. The maximum atomic E-state index is 7.50. The standard InChI is InChI=1S/C15H23ClN8/c1-3-24(4-2)6-5-19-8-10(7-17)21-15-22-13(18)12-11(16)9-20-14(12)23-15/h7-9,17,19H,3-6H2,1-2H3,(H4,18,20,21,22,23)/b10-8+,17-7?. The Morgan fingerprint density at radius 3 is 2.83 bits per heavy atom. The van der Waals surface area contributed by atoms with Gasteiger partial charge in [-0.15, -0.1) is 0 Å². The second-order valence-electron chi connectivity index (χ2n) is 5.14. The summed E-state index contributed by atoms with van der Waals surface area (Å²) in [6.45, 7) is 8.02. The maximum absolute atomic E-state index is 7.50. The van der Waals surface area contributed by atoms with Crippen molar-refractivity contribution in [3.63, 3.8) is 0 Å². The molecule has 6 N–H and O–H groups in total. The molecule has 2 aromatic heterocycles. The third-order valence-corrected chi connectivity index (χ3v) is 3.95. The monoisotopic (exact) mass is 350 g/mol. The Hall–Kier alpha value is -2.32. The number of nitrogens with two attached hydrogens (primary N) is 1. The molecule has 2 aromatic rings. The first-order chi connectivity index (χ1) is 11.6. The number of nitrogens with zero attached hydrogens (tertiary/aromatic N) is 3. The molecule has 0 atom stereocenters. The van der Waals surface area contributed by atoms with Gasteiger partial charge in [-0.2, -0.15) is 9.97 Å². The third-order valence-electron chi connectivity index (χ3n) is 3.65. The minimum absolute atomic E-state index is 0.285. The summed E-state index contributed by atoms with van der Waals surface area (Å²) in [6, 6.07) is 0. The zero-order valence-electron chi connectivity index (χ0n) is 13.9. The van der Waals surface area contributed by atoms with Gasteiger partial charge < -0.3 is 31.7 Å². The van der Waals surface area contributed by atoms with Crippen LogP contribution in [0.4, 0.5) is 11.8 Å². The Morgan fingerprint density at radius 1 is 1.42 bits per heavy atom. The van der Waals surface area contributed by atoms with Crippen LogP contribution in [-0.4, -0.2) is 52.2 Å². The summed E-state index contributed by atoms with van der Waals surface area (Å²) < 4.78 is 0. The number of nitrogens with one attached hydrogen (secondary N) is 4. The molecule has 0 fully saturated rings. The lowest BCUT2D eigenvalue weighted by Gasteiger charge is -2.17. The Morgan fingerprint density at radius 2 is 2.17 bits per heavy atom. The van der Waals surface area contributed by atoms with Gasteiger partial charge in [0, 0.05) is 31.7 Å². The van der Waals surface area contributed by atoms with E-state index < -0.39 is 0 Å². The number of nitrogen functional groups attached to an aromatic ring is 1. The predicted molar refractivity (Wildman–Crippen MR) is 99.6 cm³/mol. The largest absolute Gasteiger partial charge is 0.388 e. The first-order valence-electron chi connectivity index (χ1n) is 7.82. The van der Waals surface area contributed by atoms with Crippen molar-refractivity contribution in [3.05, 3.63) is 23.1 Å². The van der Waals surface area contributed by atoms with E-state index >= 15 is 0 Å². The number of aromatic amines is 1. The normalized spacial score (nSPS) is 11.9. The molecule has 0 saturated heterocycles. The van der Waals surface area contributed by atoms with Gasteiger partial charge in [-0.1, -0.05) is 25.4 Å². The van der Waals surface area contributed by atoms with Gasteiger partial charge in [-0.25, -0.2) is 0 Å². The van der Waals surface area contributed by atoms with Gasteiger partial charge in [0.25, 0.3) is 0 Å². The molecule has 0 spiro atoms. The lowest BCUT2D eigenvalue weighted by molar-refractivity contribution is 0.307. The van der Waals surface area contributed by atoms with Crippen molar-refractivity contribution in [2.75, 3.05) is 37.2 Å². The van der Waals surface area contributed by atoms with Gasteiger partial charge in [0.2, 0.25) is 5.95 Å². The molecule has 0 aromatic carbocycles. The molecule has 8 nitrogen and oxygen atoms in total. The van der Waals surface area contributed by atoms with E-state index in [1.165, 1.54) is 6.21 Å². The van der Waals surface area contributed by atoms with Crippen LogP contribution in [0, 0.1) is 5.41 Å². The second-order valence-corrected chi connectivity index (χ2v) is 5.55. The fourth-order valence-electron chi connectivity index (χ4n) is 2.27. The maximum Gasteiger partial charge on any atom is 0.231 e. The van der Waals surface area contributed by atoms with Gasteiger partial charge in [-0.3, -0.25) is 0 Å². The van der Waals surface area contributed by atoms with Crippen LogP contribution < -0.4 is 16.4 Å². The molecule has 0 bridgehead atoms. The van der Waals surface area contributed by atoms with Crippen LogP contribution in [0.15, 0.2) is 18.1 Å². The smallest absolute Gasteiger partial charge is 0.231 e. The highest BCUT2D eigenvalue weighted by Crippen LogP contribution is 2.26. The molecule has 0 aliphatic heterocycles. The lowest BCUT2D eigenvalue weighted by atomic mass is 10.4. The van der Waals surface area contributed by atoms with Crippen LogP contribution in [-0.2, 0) is 0 Å². The number of H-pyrrole nitrogens is 1. The summed E-state index contributed by atoms with van der Waals surface area (Å²) in [5.74, 6) is 0.589. The zero-order chi connectivity index (χ0) is 17.5. The first-order valence-corrected chi connectivity index (χ1v) is 8.20. The summed E-state index contributed by atoms with van der Waals surface area (Å²) in [4.78, 5) is 13.7. The second kappa shape index (κ2) is 8.51. The summed E-state index contributed by atoms with van der Waals surface area (Å²) in [5.41, 5.74) is 6.99. The molecular weight excluding hydrogens is 328 g/mol. The van der Waals surface area contributed by atoms with Crippen LogP contribution in [0.1, 0.15) is 13.8 Å². The molecule has 0 radical (unpaired) electrons. The molecule has 2 heterocycles. The highest BCUT2D eigenvalue weighted by Gasteiger charge is 2.10. The molecule has 0 unspecified atom stereocenters. The molecule has 0 saturated carbocycles. The van der Waals surface area contributed by atoms with Gasteiger partial charge in [0.05, 0.1) is 16.1 Å². The minimum atomic E-state index is 0.285. The Kier molecular flexibility index (Phi) is 6.39. The number of allylic oxidation sites excluding steroid dienone is 1. The van der Waals surface area contributed by atoms with Crippen molar-refractivity contribution >= 4 is 40.6 Å². The van der Waals surface area contributed by atoms with Crippen LogP contribution in [0.25, 0.3) is 11.0 Å². The van der Waals surface area contributed by atoms with E-state index in [0.717, 1.165) is 26.2 Å². The lowest BCUT2D eigenvalue weighted by Crippen LogP contribution is -2.30. The number of fused-ring (bicyclic) bond motifs is 1. The number of aromatic nitrogens is 3. The Balaban J connectivity index is 2.02. The zero-order valence-corrected chi connectivity index (χ0v) is 14.6. The summed E-state index contributed by atoms with van der Waals surface area (Å²) in [5, 5.41) is 14.7. The van der Waals surface area contributed by atoms with Gasteiger partial charge in [0.15, 0.2) is 0 Å². The number of rotatable bonds is 9. The molecular formula is C15H23ClN8. The molecule has 9 heteroatoms. The Labute approximate surface area is 146 Å². The molecule has 0 aliphatic carbocycles. The van der Waals surface area contributed by atoms with Crippen LogP contribution in [0.5, 0.6) is 0 Å². The van der Waals surface area contributed by atoms with Crippen LogP contribution >= 0.6 is 11.6 Å². The molecule has 130 valence electrons. The predicted octanol–water partition coefficient (Wildman–Crippen LogP) is 2.03. The van der Waals surface area contributed by atoms with E-state index in [-0.39, 0.29) is 5.82 Å². The van der Waals surface area contributed by atoms with Crippen molar-refractivity contribution < 1.29 is 0 Å². The number of hydrogen-bond donors (Lipinski definition) is 5. The van der Waals surface area contributed by atoms with E-state index in [2.05, 4.69) is 44.3 Å². The molecule has 0 aliphatic rings. The van der Waals surface area contributed by atoms with E-state index in [4.69, 9.17) is 22.7 Å². The third kappa shape index (κ3) is 4.36. The summed E-state index contributed by atoms with van der Waals surface area (Å²) in [7, 11) is 0. The van der Waals surface area contributed by atoms with Gasteiger partial charge in [-0.05, 0) is 13.1 Å². The van der Waals surface area contributed by atoms with Crippen molar-refractivity contribution in [3.8, 4) is 0 Å². The highest BCUT2D eigenvalue weighted by molar-refractivity contribution is 6.36. The van der Waals surface area contributed by atoms with E-state index in [1.807, 2.05) is 0 Å². The number of likely N-dealkylation sites (N-methyl/N-ethyl adjacent to an activating group) is 1. The average Bonchev–Trinajstić information content (AvgIpc) is 2.95. The SMILES string of the molecule is CCN(CC)CCN/C=C(\C=N)Nc1nc(N)c2c(Cl)c[nH]c2n1. The topological polar surface area (TPSA) is 119 Å². The van der Waals surface area contributed by atoms with Gasteiger partial charge >= 0.3 is 0 Å². The van der Waals surface area contributed by atoms with Crippen LogP contribution in [0.3, 0.4) is 0 Å². The number of hydrogen-bond acceptors (Lipinski definition) is 7. The average molecular weight is 351 g/mol. The fourth-order valence-corrected chi connectivity index (χ4v) is 2.51. The van der Waals surface area contributed by atoms with E-state index in [0.29, 0.717) is 27.7 Å². The molecule has 2 rings (SSSR count). The van der Waals surface area contributed by atoms with E-state index in [1.54, 1.807) is 12.4 Å². The summed E-state index contributed by atoms with van der Waals surface area (Å²) >= 11 is 6.02. The number of halogens is 1. The quantitative estimate of drug-likeness (QED) is 0.349. The van der Waals surface area contributed by atoms with Crippen LogP contribution in [0.2, 0.25) is 5.02 Å². The minimum Gasteiger partial charge on any atom is -0.388 e. The number of anilines is 2.